The van der Waals surface area contributed by atoms with E-state index in [0.717, 1.165) is 0 Å². The van der Waals surface area contributed by atoms with Gasteiger partial charge in [0.1, 0.15) is 0 Å². The number of hydrogen-bond donors (Lipinski definition) is 4. The summed E-state index contributed by atoms with van der Waals surface area (Å²) in [5, 5.41) is 18.9. The summed E-state index contributed by atoms with van der Waals surface area (Å²) in [6.07, 6.45) is -4.27. The van der Waals surface area contributed by atoms with Gasteiger partial charge in [-0.15, -0.1) is 0 Å². The van der Waals surface area contributed by atoms with Crippen molar-refractivity contribution in [2.75, 3.05) is 6.54 Å². The van der Waals surface area contributed by atoms with Crippen molar-refractivity contribution in [3.63, 3.8) is 0 Å². The molecule has 0 spiro atoms. The molecule has 0 aromatic heterocycles. The minimum Gasteiger partial charge on any atom is -0.478 e. The van der Waals surface area contributed by atoms with Gasteiger partial charge in [-0.05, 0) is 24.5 Å². The number of Topliss-reactive ketones (excluding diaryl/α,β-unsaturated/α-hetero) is 1. The number of benzene rings is 1. The van der Waals surface area contributed by atoms with E-state index in [1.807, 2.05) is 0 Å². The summed E-state index contributed by atoms with van der Waals surface area (Å²) in [5.74, 6) is -4.67. The van der Waals surface area contributed by atoms with Crippen molar-refractivity contribution >= 4 is 46.8 Å². The van der Waals surface area contributed by atoms with Crippen LogP contribution < -0.4 is 11.1 Å². The first kappa shape index (κ1) is 25.7. The van der Waals surface area contributed by atoms with Crippen molar-refractivity contribution < 1.29 is 42.6 Å². The standard InChI is InChI=1S/C15H16Cl2N2O4.C2HF3O2/c16-9-2-1-7(13(17)12(9)15(22)23)6-11(20)10(18)5-8-3-4-19-14(8)21;3-2(4,5)1(6)7/h1-2,8,10H,3-6,18H2,(H,19,21)(H,22,23);(H,6,7)/t8-,10?;/m0./s1. The molecule has 1 aromatic rings. The van der Waals surface area contributed by atoms with Crippen LogP contribution in [0, 0.1) is 5.92 Å². The fourth-order valence-electron chi connectivity index (χ4n) is 2.55. The molecule has 0 saturated carbocycles. The van der Waals surface area contributed by atoms with E-state index in [2.05, 4.69) is 5.32 Å². The van der Waals surface area contributed by atoms with E-state index in [4.69, 9.17) is 43.9 Å². The van der Waals surface area contributed by atoms with Crippen LogP contribution in [0.1, 0.15) is 28.8 Å². The highest BCUT2D eigenvalue weighted by atomic mass is 35.5. The van der Waals surface area contributed by atoms with Crippen LogP contribution in [0.15, 0.2) is 12.1 Å². The molecule has 166 valence electrons. The van der Waals surface area contributed by atoms with E-state index >= 15 is 0 Å². The Balaban J connectivity index is 0.000000553. The largest absolute Gasteiger partial charge is 0.490 e. The van der Waals surface area contributed by atoms with Gasteiger partial charge in [0.15, 0.2) is 5.78 Å². The lowest BCUT2D eigenvalue weighted by Crippen LogP contribution is -2.35. The number of aromatic carboxylic acids is 1. The van der Waals surface area contributed by atoms with Crippen LogP contribution in [0.2, 0.25) is 10.0 Å². The van der Waals surface area contributed by atoms with E-state index in [0.29, 0.717) is 18.5 Å². The number of halogens is 5. The monoisotopic (exact) mass is 472 g/mol. The average molecular weight is 473 g/mol. The molecule has 0 bridgehead atoms. The number of carbonyl (C=O) groups excluding carboxylic acids is 2. The molecule has 0 radical (unpaired) electrons. The number of carboxylic acid groups (broad SMARTS) is 2. The second-order valence-electron chi connectivity index (χ2n) is 6.27. The van der Waals surface area contributed by atoms with Crippen LogP contribution in [0.4, 0.5) is 13.2 Å². The van der Waals surface area contributed by atoms with Gasteiger partial charge in [-0.1, -0.05) is 29.3 Å². The van der Waals surface area contributed by atoms with Crippen molar-refractivity contribution in [3.8, 4) is 0 Å². The lowest BCUT2D eigenvalue weighted by atomic mass is 9.93. The molecule has 0 aliphatic carbocycles. The van der Waals surface area contributed by atoms with Crippen LogP contribution >= 0.6 is 23.2 Å². The maximum Gasteiger partial charge on any atom is 0.490 e. The van der Waals surface area contributed by atoms with Crippen LogP contribution in [0.25, 0.3) is 0 Å². The Morgan fingerprint density at radius 3 is 2.23 bits per heavy atom. The number of amides is 1. The molecule has 30 heavy (non-hydrogen) atoms. The predicted molar refractivity (Wildman–Crippen MR) is 99.5 cm³/mol. The smallest absolute Gasteiger partial charge is 0.478 e. The van der Waals surface area contributed by atoms with Gasteiger partial charge >= 0.3 is 18.1 Å². The highest BCUT2D eigenvalue weighted by Crippen LogP contribution is 2.29. The molecule has 2 atom stereocenters. The zero-order valence-corrected chi connectivity index (χ0v) is 16.6. The fraction of sp³-hybridized carbons (Fsp3) is 0.412. The molecule has 1 aromatic carbocycles. The number of rotatable bonds is 6. The van der Waals surface area contributed by atoms with E-state index in [-0.39, 0.29) is 46.1 Å². The van der Waals surface area contributed by atoms with Gasteiger partial charge < -0.3 is 21.3 Å². The first-order chi connectivity index (χ1) is 13.8. The molecular formula is C17H17Cl2F3N2O6. The Labute approximate surface area is 178 Å². The highest BCUT2D eigenvalue weighted by molar-refractivity contribution is 6.39. The summed E-state index contributed by atoms with van der Waals surface area (Å²) in [5.41, 5.74) is 5.99. The minimum absolute atomic E-state index is 0.00521. The zero-order chi connectivity index (χ0) is 23.2. The van der Waals surface area contributed by atoms with Crippen molar-refractivity contribution in [2.24, 2.45) is 11.7 Å². The Morgan fingerprint density at radius 2 is 1.80 bits per heavy atom. The van der Waals surface area contributed by atoms with Crippen LogP contribution in [0.3, 0.4) is 0 Å². The molecule has 5 N–H and O–H groups in total. The lowest BCUT2D eigenvalue weighted by Gasteiger charge is -2.15. The molecular weight excluding hydrogens is 456 g/mol. The predicted octanol–water partition coefficient (Wildman–Crippen LogP) is 2.29. The third-order valence-corrected chi connectivity index (χ3v) is 4.85. The molecule has 1 amide bonds. The lowest BCUT2D eigenvalue weighted by molar-refractivity contribution is -0.192. The fourth-order valence-corrected chi connectivity index (χ4v) is 3.15. The van der Waals surface area contributed by atoms with Gasteiger partial charge in [-0.25, -0.2) is 9.59 Å². The second-order valence-corrected chi connectivity index (χ2v) is 7.05. The van der Waals surface area contributed by atoms with E-state index < -0.39 is 24.2 Å². The van der Waals surface area contributed by atoms with E-state index in [1.54, 1.807) is 0 Å². The number of carboxylic acids is 2. The Hall–Kier alpha value is -2.37. The van der Waals surface area contributed by atoms with Gasteiger partial charge in [-0.2, -0.15) is 13.2 Å². The van der Waals surface area contributed by atoms with Crippen molar-refractivity contribution in [1.29, 1.82) is 0 Å². The Kier molecular flexibility index (Phi) is 9.07. The van der Waals surface area contributed by atoms with Crippen molar-refractivity contribution in [1.82, 2.24) is 5.32 Å². The molecule has 2 rings (SSSR count). The van der Waals surface area contributed by atoms with Crippen molar-refractivity contribution in [2.45, 2.75) is 31.5 Å². The molecule has 1 aliphatic rings. The quantitative estimate of drug-likeness (QED) is 0.496. The van der Waals surface area contributed by atoms with Crippen LogP contribution in [-0.4, -0.2) is 52.6 Å². The first-order valence-corrected chi connectivity index (χ1v) is 9.07. The summed E-state index contributed by atoms with van der Waals surface area (Å²) < 4.78 is 31.7. The Morgan fingerprint density at radius 1 is 1.23 bits per heavy atom. The molecule has 1 saturated heterocycles. The summed E-state index contributed by atoms with van der Waals surface area (Å²) >= 11 is 11.8. The molecule has 1 aliphatic heterocycles. The van der Waals surface area contributed by atoms with Crippen molar-refractivity contribution in [3.05, 3.63) is 33.3 Å². The molecule has 1 heterocycles. The Bertz CT molecular complexity index is 848. The average Bonchev–Trinajstić information content (AvgIpc) is 3.01. The summed E-state index contributed by atoms with van der Waals surface area (Å²) in [4.78, 5) is 43.8. The maximum absolute atomic E-state index is 12.2. The van der Waals surface area contributed by atoms with Gasteiger partial charge in [0.05, 0.1) is 21.7 Å². The number of carbonyl (C=O) groups is 4. The van der Waals surface area contributed by atoms with Gasteiger partial charge in [0, 0.05) is 18.9 Å². The number of ketones is 1. The van der Waals surface area contributed by atoms with Crippen LogP contribution in [0.5, 0.6) is 0 Å². The molecule has 1 fully saturated rings. The number of nitrogens with one attached hydrogen (secondary N) is 1. The summed E-state index contributed by atoms with van der Waals surface area (Å²) in [7, 11) is 0. The summed E-state index contributed by atoms with van der Waals surface area (Å²) in [6.45, 7) is 0.593. The van der Waals surface area contributed by atoms with E-state index in [1.165, 1.54) is 12.1 Å². The number of alkyl halides is 3. The number of nitrogens with two attached hydrogens (primary N) is 1. The number of hydrogen-bond acceptors (Lipinski definition) is 5. The van der Waals surface area contributed by atoms with Gasteiger partial charge in [0.25, 0.3) is 0 Å². The topological polar surface area (TPSA) is 147 Å². The van der Waals surface area contributed by atoms with E-state index in [9.17, 15) is 27.6 Å². The second kappa shape index (κ2) is 10.6. The SMILES string of the molecule is NC(C[C@@H]1CCNC1=O)C(=O)Cc1ccc(Cl)c(C(=O)O)c1Cl.O=C(O)C(F)(F)F. The maximum atomic E-state index is 12.2. The van der Waals surface area contributed by atoms with Gasteiger partial charge in [-0.3, -0.25) is 9.59 Å². The normalized spacial score (nSPS) is 16.9. The minimum atomic E-state index is -5.08. The molecule has 1 unspecified atom stereocenters. The highest BCUT2D eigenvalue weighted by Gasteiger charge is 2.38. The zero-order valence-electron chi connectivity index (χ0n) is 15.1. The summed E-state index contributed by atoms with van der Waals surface area (Å²) in [6, 6.07) is 2.09. The molecule has 8 nitrogen and oxygen atoms in total. The van der Waals surface area contributed by atoms with Gasteiger partial charge in [0.2, 0.25) is 5.91 Å². The molecule has 13 heteroatoms. The number of aliphatic carboxylic acids is 1. The third-order valence-electron chi connectivity index (χ3n) is 4.11. The third kappa shape index (κ3) is 7.15. The van der Waals surface area contributed by atoms with Crippen LogP contribution in [-0.2, 0) is 20.8 Å². The first-order valence-electron chi connectivity index (χ1n) is 8.32.